The lowest BCUT2D eigenvalue weighted by molar-refractivity contribution is -0.597. The van der Waals surface area contributed by atoms with E-state index in [1.807, 2.05) is 0 Å². The minimum absolute atomic E-state index is 0.0341. The molecule has 2 aromatic rings. The van der Waals surface area contributed by atoms with E-state index >= 15 is 0 Å². The minimum Gasteiger partial charge on any atom is -0.743 e. The highest BCUT2D eigenvalue weighted by Crippen LogP contribution is 2.38. The molecule has 2 aliphatic rings. The summed E-state index contributed by atoms with van der Waals surface area (Å²) in [6, 6.07) is 19.3. The molecule has 0 aromatic heterocycles. The summed E-state index contributed by atoms with van der Waals surface area (Å²) in [4.78, 5) is 0. The Morgan fingerprint density at radius 1 is 0.684 bits per heavy atom. The van der Waals surface area contributed by atoms with Gasteiger partial charge in [0.15, 0.2) is 17.3 Å². The Hall–Kier alpha value is -1.34. The molecular formula is C27H31F6IO3S. The van der Waals surface area contributed by atoms with Crippen LogP contribution in [0, 0.1) is 7.14 Å². The third-order valence-electron chi connectivity index (χ3n) is 7.03. The van der Waals surface area contributed by atoms with Crippen molar-refractivity contribution in [3.8, 4) is 0 Å². The number of rotatable bonds is 6. The number of alkyl halides is 6. The van der Waals surface area contributed by atoms with Crippen LogP contribution in [0.3, 0.4) is 0 Å². The molecule has 0 heterocycles. The number of benzene rings is 2. The number of halogens is 7. The second-order valence-corrected chi connectivity index (χ2v) is 14.3. The van der Waals surface area contributed by atoms with E-state index in [1.165, 1.54) is 64.2 Å². The molecule has 1 atom stereocenters. The zero-order valence-corrected chi connectivity index (χ0v) is 23.7. The van der Waals surface area contributed by atoms with Gasteiger partial charge in [-0.25, -0.2) is 12.8 Å². The molecule has 1 unspecified atom stereocenters. The third-order valence-corrected chi connectivity index (χ3v) is 10.6. The van der Waals surface area contributed by atoms with Crippen molar-refractivity contribution < 1.29 is 60.5 Å². The van der Waals surface area contributed by atoms with Crippen LogP contribution in [0.1, 0.15) is 87.2 Å². The van der Waals surface area contributed by atoms with Crippen molar-refractivity contribution in [3.63, 3.8) is 0 Å². The van der Waals surface area contributed by atoms with Crippen LogP contribution < -0.4 is 21.2 Å². The summed E-state index contributed by atoms with van der Waals surface area (Å²) in [5.74, 6) is 1.66. The molecule has 4 rings (SSSR count). The van der Waals surface area contributed by atoms with Crippen molar-refractivity contribution in [3.05, 3.63) is 66.8 Å². The molecule has 11 heteroatoms. The van der Waals surface area contributed by atoms with Gasteiger partial charge in [0.25, 0.3) is 6.17 Å². The highest BCUT2D eigenvalue weighted by molar-refractivity contribution is 7.86. The summed E-state index contributed by atoms with van der Waals surface area (Å²) in [6.45, 7) is 0. The molecule has 2 aliphatic carbocycles. The molecule has 0 N–H and O–H groups in total. The van der Waals surface area contributed by atoms with E-state index in [-0.39, 0.29) is 21.2 Å². The zero-order chi connectivity index (χ0) is 28.0. The van der Waals surface area contributed by atoms with E-state index in [4.69, 9.17) is 0 Å². The average Bonchev–Trinajstić information content (AvgIpc) is 2.89. The van der Waals surface area contributed by atoms with Crippen LogP contribution in [-0.4, -0.2) is 30.6 Å². The Bertz CT molecular complexity index is 1050. The molecule has 0 radical (unpaired) electrons. The molecular weight excluding hydrogens is 645 g/mol. The third kappa shape index (κ3) is 8.58. The van der Waals surface area contributed by atoms with E-state index in [0.29, 0.717) is 0 Å². The molecule has 2 saturated carbocycles. The largest absolute Gasteiger partial charge is 0.743 e. The van der Waals surface area contributed by atoms with Crippen molar-refractivity contribution in [2.24, 2.45) is 0 Å². The van der Waals surface area contributed by atoms with Gasteiger partial charge in [0, 0.05) is 0 Å². The molecule has 212 valence electrons. The molecule has 3 nitrogen and oxygen atoms in total. The zero-order valence-electron chi connectivity index (χ0n) is 20.7. The maximum absolute atomic E-state index is 11.8. The van der Waals surface area contributed by atoms with Crippen LogP contribution in [0.25, 0.3) is 0 Å². The SMILES string of the molecule is O=S(=O)([O-])C(F)(F)C(F)C(F)(F)F.c1cc(C2CCCCC2)ccc1[I+]c1ccc(C2CCCCC2)cc1. The van der Waals surface area contributed by atoms with Crippen LogP contribution in [0.15, 0.2) is 48.5 Å². The van der Waals surface area contributed by atoms with Crippen LogP contribution >= 0.6 is 0 Å². The van der Waals surface area contributed by atoms with Crippen LogP contribution in [0.2, 0.25) is 0 Å². The van der Waals surface area contributed by atoms with Crippen molar-refractivity contribution in [2.75, 3.05) is 0 Å². The van der Waals surface area contributed by atoms with Gasteiger partial charge in [0.05, 0.1) is 0 Å². The van der Waals surface area contributed by atoms with Gasteiger partial charge >= 0.3 is 32.6 Å². The molecule has 0 spiro atoms. The monoisotopic (exact) mass is 676 g/mol. The fraction of sp³-hybridized carbons (Fsp3) is 0.556. The normalized spacial score (nSPS) is 18.9. The summed E-state index contributed by atoms with van der Waals surface area (Å²) in [5, 5.41) is -5.99. The Balaban J connectivity index is 0.000000263. The lowest BCUT2D eigenvalue weighted by atomic mass is 9.84. The van der Waals surface area contributed by atoms with Gasteiger partial charge in [-0.15, -0.1) is 0 Å². The van der Waals surface area contributed by atoms with Gasteiger partial charge in [0.1, 0.15) is 0 Å². The van der Waals surface area contributed by atoms with E-state index in [9.17, 15) is 39.3 Å². The maximum atomic E-state index is 11.8. The molecule has 2 fully saturated rings. The summed E-state index contributed by atoms with van der Waals surface area (Å²) in [7, 11) is -6.66. The van der Waals surface area contributed by atoms with Crippen molar-refractivity contribution in [2.45, 2.75) is 93.6 Å². The van der Waals surface area contributed by atoms with Gasteiger partial charge in [-0.1, -0.05) is 62.8 Å². The fourth-order valence-corrected chi connectivity index (χ4v) is 7.46. The first-order valence-electron chi connectivity index (χ1n) is 12.7. The van der Waals surface area contributed by atoms with E-state index in [2.05, 4.69) is 48.5 Å². The smallest absolute Gasteiger partial charge is 0.426 e. The summed E-state index contributed by atoms with van der Waals surface area (Å²) in [6.07, 6.45) is 3.07. The van der Waals surface area contributed by atoms with Crippen molar-refractivity contribution in [1.82, 2.24) is 0 Å². The Morgan fingerprint density at radius 3 is 1.29 bits per heavy atom. The van der Waals surface area contributed by atoms with Crippen molar-refractivity contribution in [1.29, 1.82) is 0 Å². The summed E-state index contributed by atoms with van der Waals surface area (Å²) < 4.78 is 101. The van der Waals surface area contributed by atoms with E-state index < -0.39 is 27.7 Å². The number of hydrogen-bond acceptors (Lipinski definition) is 3. The van der Waals surface area contributed by atoms with E-state index in [0.717, 1.165) is 11.8 Å². The van der Waals surface area contributed by atoms with Crippen LogP contribution in [0.5, 0.6) is 0 Å². The first-order chi connectivity index (χ1) is 17.8. The Morgan fingerprint density at radius 2 is 1.03 bits per heavy atom. The molecule has 0 bridgehead atoms. The van der Waals surface area contributed by atoms with Crippen LogP contribution in [-0.2, 0) is 10.1 Å². The predicted molar refractivity (Wildman–Crippen MR) is 128 cm³/mol. The molecule has 0 amide bonds. The second-order valence-electron chi connectivity index (χ2n) is 9.79. The standard InChI is InChI=1S/C24H30I.C3H2F6O3S/c1-3-7-19(8-4-1)21-11-15-23(16-12-21)25-24-17-13-22(14-18-24)20-9-5-2-6-10-20;4-1(2(5,6)7)3(8,9)13(10,11)12/h11-20H,1-10H2;1H,(H,10,11,12)/q+1;/p-1. The number of hydrogen-bond donors (Lipinski definition) is 0. The molecule has 0 aliphatic heterocycles. The first kappa shape index (κ1) is 31.2. The summed E-state index contributed by atoms with van der Waals surface area (Å²) in [5.41, 5.74) is 3.17. The molecule has 2 aromatic carbocycles. The Labute approximate surface area is 230 Å². The highest BCUT2D eigenvalue weighted by Gasteiger charge is 2.61. The topological polar surface area (TPSA) is 57.2 Å². The van der Waals surface area contributed by atoms with Gasteiger partial charge < -0.3 is 4.55 Å². The van der Waals surface area contributed by atoms with Gasteiger partial charge in [-0.2, -0.15) is 22.0 Å². The summed E-state index contributed by atoms with van der Waals surface area (Å²) >= 11 is -0.0341. The lowest BCUT2D eigenvalue weighted by Gasteiger charge is -2.24. The van der Waals surface area contributed by atoms with Gasteiger partial charge in [-0.3, -0.25) is 0 Å². The molecule has 38 heavy (non-hydrogen) atoms. The molecule has 0 saturated heterocycles. The Kier molecular flexibility index (Phi) is 11.0. The second kappa shape index (κ2) is 13.3. The fourth-order valence-electron chi connectivity index (χ4n) is 4.91. The van der Waals surface area contributed by atoms with E-state index in [1.54, 1.807) is 18.3 Å². The van der Waals surface area contributed by atoms with Crippen LogP contribution in [0.4, 0.5) is 26.3 Å². The predicted octanol–water partition coefficient (Wildman–Crippen LogP) is 4.94. The first-order valence-corrected chi connectivity index (χ1v) is 16.2. The average molecular weight is 677 g/mol. The lowest BCUT2D eigenvalue weighted by Crippen LogP contribution is -3.61. The van der Waals surface area contributed by atoms with Gasteiger partial charge in [-0.05, 0) is 72.9 Å². The van der Waals surface area contributed by atoms with Crippen molar-refractivity contribution >= 4 is 10.1 Å². The minimum atomic E-state index is -6.66. The quantitative estimate of drug-likeness (QED) is 0.248. The maximum Gasteiger partial charge on any atom is 0.426 e. The van der Waals surface area contributed by atoms with Gasteiger partial charge in [0.2, 0.25) is 0 Å². The highest BCUT2D eigenvalue weighted by atomic mass is 127.